The van der Waals surface area contributed by atoms with Gasteiger partial charge in [0.1, 0.15) is 12.4 Å². The Bertz CT molecular complexity index is 791. The van der Waals surface area contributed by atoms with Gasteiger partial charge in [-0.15, -0.1) is 0 Å². The SMILES string of the molecule is COCC(=O)N1CCC[C@@H](C(=O)c2ccc(-c3ccccc3)c(F)c2)C1. The fourth-order valence-corrected chi connectivity index (χ4v) is 3.39. The third-order valence-corrected chi connectivity index (χ3v) is 4.75. The van der Waals surface area contributed by atoms with Gasteiger partial charge < -0.3 is 9.64 Å². The summed E-state index contributed by atoms with van der Waals surface area (Å²) in [5.74, 6) is -0.939. The van der Waals surface area contributed by atoms with E-state index in [9.17, 15) is 14.0 Å². The maximum Gasteiger partial charge on any atom is 0.248 e. The summed E-state index contributed by atoms with van der Waals surface area (Å²) in [6, 6.07) is 13.9. The molecule has 0 bridgehead atoms. The highest BCUT2D eigenvalue weighted by Gasteiger charge is 2.29. The molecule has 2 aromatic rings. The van der Waals surface area contributed by atoms with E-state index in [0.29, 0.717) is 30.6 Å². The molecule has 0 unspecified atom stereocenters. The van der Waals surface area contributed by atoms with Crippen LogP contribution in [0.2, 0.25) is 0 Å². The minimum Gasteiger partial charge on any atom is -0.375 e. The molecule has 2 aromatic carbocycles. The van der Waals surface area contributed by atoms with Crippen molar-refractivity contribution in [1.29, 1.82) is 0 Å². The Labute approximate surface area is 152 Å². The Kier molecular flexibility index (Phi) is 5.78. The normalized spacial score (nSPS) is 17.2. The van der Waals surface area contributed by atoms with Crippen LogP contribution in [0.25, 0.3) is 11.1 Å². The van der Waals surface area contributed by atoms with Gasteiger partial charge >= 0.3 is 0 Å². The van der Waals surface area contributed by atoms with E-state index in [1.54, 1.807) is 17.0 Å². The van der Waals surface area contributed by atoms with Gasteiger partial charge in [0.25, 0.3) is 0 Å². The molecule has 0 N–H and O–H groups in total. The molecule has 1 amide bonds. The number of likely N-dealkylation sites (tertiary alicyclic amines) is 1. The minimum absolute atomic E-state index is 0.0152. The summed E-state index contributed by atoms with van der Waals surface area (Å²) in [5, 5.41) is 0. The van der Waals surface area contributed by atoms with Crippen LogP contribution in [-0.4, -0.2) is 43.4 Å². The van der Waals surface area contributed by atoms with Crippen LogP contribution in [0.15, 0.2) is 48.5 Å². The number of carbonyl (C=O) groups excluding carboxylic acids is 2. The standard InChI is InChI=1S/C21H22FNO3/c1-26-14-20(24)23-11-5-8-17(13-23)21(25)16-9-10-18(19(22)12-16)15-6-3-2-4-7-15/h2-4,6-7,9-10,12,17H,5,8,11,13-14H2,1H3/t17-/m1/s1. The topological polar surface area (TPSA) is 46.6 Å². The van der Waals surface area contributed by atoms with E-state index in [1.165, 1.54) is 13.2 Å². The second kappa shape index (κ2) is 8.23. The lowest BCUT2D eigenvalue weighted by Crippen LogP contribution is -2.43. The lowest BCUT2D eigenvalue weighted by molar-refractivity contribution is -0.136. The summed E-state index contributed by atoms with van der Waals surface area (Å²) in [4.78, 5) is 26.4. The number of ketones is 1. The first-order valence-corrected chi connectivity index (χ1v) is 8.76. The Hall–Kier alpha value is -2.53. The monoisotopic (exact) mass is 355 g/mol. The average Bonchev–Trinajstić information content (AvgIpc) is 2.68. The quantitative estimate of drug-likeness (QED) is 0.771. The third-order valence-electron chi connectivity index (χ3n) is 4.75. The van der Waals surface area contributed by atoms with Gasteiger partial charge in [0.2, 0.25) is 5.91 Å². The number of carbonyl (C=O) groups is 2. The number of piperidine rings is 1. The van der Waals surface area contributed by atoms with Gasteiger partial charge in [-0.3, -0.25) is 9.59 Å². The third kappa shape index (κ3) is 3.99. The van der Waals surface area contributed by atoms with Crippen molar-refractivity contribution in [3.63, 3.8) is 0 Å². The number of rotatable bonds is 5. The van der Waals surface area contributed by atoms with Crippen molar-refractivity contribution in [1.82, 2.24) is 4.90 Å². The van der Waals surface area contributed by atoms with Gasteiger partial charge in [-0.2, -0.15) is 0 Å². The summed E-state index contributed by atoms with van der Waals surface area (Å²) in [6.07, 6.45) is 1.47. The molecule has 26 heavy (non-hydrogen) atoms. The number of hydrogen-bond donors (Lipinski definition) is 0. The maximum atomic E-state index is 14.5. The lowest BCUT2D eigenvalue weighted by atomic mass is 9.89. The molecule has 1 aliphatic rings. The fourth-order valence-electron chi connectivity index (χ4n) is 3.39. The van der Waals surface area contributed by atoms with Crippen molar-refractivity contribution in [2.24, 2.45) is 5.92 Å². The molecular weight excluding hydrogens is 333 g/mol. The van der Waals surface area contributed by atoms with Crippen LogP contribution in [0.3, 0.4) is 0 Å². The van der Waals surface area contributed by atoms with E-state index >= 15 is 0 Å². The van der Waals surface area contributed by atoms with Crippen molar-refractivity contribution < 1.29 is 18.7 Å². The number of nitrogens with zero attached hydrogens (tertiary/aromatic N) is 1. The van der Waals surface area contributed by atoms with Gasteiger partial charge in [0, 0.05) is 37.2 Å². The van der Waals surface area contributed by atoms with E-state index in [0.717, 1.165) is 12.0 Å². The molecule has 4 nitrogen and oxygen atoms in total. The Morgan fingerprint density at radius 2 is 1.96 bits per heavy atom. The van der Waals surface area contributed by atoms with Crippen LogP contribution in [0.5, 0.6) is 0 Å². The van der Waals surface area contributed by atoms with Crippen molar-refractivity contribution in [2.45, 2.75) is 12.8 Å². The van der Waals surface area contributed by atoms with E-state index in [-0.39, 0.29) is 24.2 Å². The molecule has 5 heteroatoms. The zero-order valence-corrected chi connectivity index (χ0v) is 14.8. The predicted octanol–water partition coefficient (Wildman–Crippen LogP) is 3.56. The Morgan fingerprint density at radius 3 is 2.65 bits per heavy atom. The Morgan fingerprint density at radius 1 is 1.19 bits per heavy atom. The second-order valence-electron chi connectivity index (χ2n) is 6.54. The molecule has 0 spiro atoms. The summed E-state index contributed by atoms with van der Waals surface area (Å²) in [6.45, 7) is 1.01. The molecule has 136 valence electrons. The van der Waals surface area contributed by atoms with Gasteiger partial charge in [-0.25, -0.2) is 4.39 Å². The first-order chi connectivity index (χ1) is 12.6. The number of ether oxygens (including phenoxy) is 1. The summed E-state index contributed by atoms with van der Waals surface area (Å²) < 4.78 is 19.4. The minimum atomic E-state index is -0.412. The summed E-state index contributed by atoms with van der Waals surface area (Å²) >= 11 is 0. The molecule has 0 aromatic heterocycles. The Balaban J connectivity index is 1.75. The zero-order chi connectivity index (χ0) is 18.5. The number of Topliss-reactive ketones (excluding diaryl/α,β-unsaturated/α-hetero) is 1. The molecule has 0 radical (unpaired) electrons. The van der Waals surface area contributed by atoms with Crippen LogP contribution < -0.4 is 0 Å². The van der Waals surface area contributed by atoms with E-state index in [1.807, 2.05) is 30.3 Å². The molecule has 1 fully saturated rings. The molecule has 1 saturated heterocycles. The summed E-state index contributed by atoms with van der Waals surface area (Å²) in [7, 11) is 1.47. The maximum absolute atomic E-state index is 14.5. The molecule has 3 rings (SSSR count). The number of methoxy groups -OCH3 is 1. The first kappa shape index (κ1) is 18.3. The highest BCUT2D eigenvalue weighted by molar-refractivity contribution is 5.98. The molecule has 0 saturated carbocycles. The highest BCUT2D eigenvalue weighted by atomic mass is 19.1. The smallest absolute Gasteiger partial charge is 0.248 e. The summed E-state index contributed by atoms with van der Waals surface area (Å²) in [5.41, 5.74) is 1.61. The van der Waals surface area contributed by atoms with Crippen molar-refractivity contribution in [3.8, 4) is 11.1 Å². The predicted molar refractivity (Wildman–Crippen MR) is 97.3 cm³/mol. The molecule has 1 heterocycles. The zero-order valence-electron chi connectivity index (χ0n) is 14.8. The van der Waals surface area contributed by atoms with Crippen LogP contribution in [0.1, 0.15) is 23.2 Å². The van der Waals surface area contributed by atoms with Crippen molar-refractivity contribution in [2.75, 3.05) is 26.8 Å². The second-order valence-corrected chi connectivity index (χ2v) is 6.54. The number of benzene rings is 2. The highest BCUT2D eigenvalue weighted by Crippen LogP contribution is 2.26. The van der Waals surface area contributed by atoms with E-state index in [4.69, 9.17) is 4.74 Å². The number of halogens is 1. The largest absolute Gasteiger partial charge is 0.375 e. The van der Waals surface area contributed by atoms with Gasteiger partial charge in [0.05, 0.1) is 0 Å². The fraction of sp³-hybridized carbons (Fsp3) is 0.333. The average molecular weight is 355 g/mol. The molecule has 1 atom stereocenters. The number of hydrogen-bond acceptors (Lipinski definition) is 3. The molecular formula is C21H22FNO3. The van der Waals surface area contributed by atoms with Crippen molar-refractivity contribution >= 4 is 11.7 Å². The lowest BCUT2D eigenvalue weighted by Gasteiger charge is -2.32. The van der Waals surface area contributed by atoms with Crippen LogP contribution in [0.4, 0.5) is 4.39 Å². The van der Waals surface area contributed by atoms with Crippen LogP contribution in [-0.2, 0) is 9.53 Å². The van der Waals surface area contributed by atoms with Gasteiger partial charge in [-0.1, -0.05) is 42.5 Å². The number of amides is 1. The molecule has 0 aliphatic carbocycles. The van der Waals surface area contributed by atoms with Crippen LogP contribution in [0, 0.1) is 11.7 Å². The van der Waals surface area contributed by atoms with Gasteiger partial charge in [0.15, 0.2) is 5.78 Å². The molecule has 1 aliphatic heterocycles. The first-order valence-electron chi connectivity index (χ1n) is 8.76. The van der Waals surface area contributed by atoms with E-state index in [2.05, 4.69) is 0 Å². The van der Waals surface area contributed by atoms with Crippen molar-refractivity contribution in [3.05, 3.63) is 59.9 Å². The van der Waals surface area contributed by atoms with E-state index < -0.39 is 5.82 Å². The van der Waals surface area contributed by atoms with Crippen LogP contribution >= 0.6 is 0 Å². The van der Waals surface area contributed by atoms with Gasteiger partial charge in [-0.05, 0) is 24.5 Å².